The third kappa shape index (κ3) is 7.67. The Morgan fingerprint density at radius 1 is 1.35 bits per heavy atom. The number of hydrogen-bond acceptors (Lipinski definition) is 3. The first kappa shape index (κ1) is 19.1. The standard InChI is InChI=1S/C13H18BrFN2O2.ClH/c1-2-5-16-6-7-17-13(18)9-19-12-4-3-10(15)8-11(12)14;/h3-4,8,16H,2,5-7,9H2,1H3,(H,17,18);1H. The van der Waals surface area contributed by atoms with Crippen molar-refractivity contribution in [3.63, 3.8) is 0 Å². The van der Waals surface area contributed by atoms with E-state index in [1.165, 1.54) is 18.2 Å². The van der Waals surface area contributed by atoms with E-state index < -0.39 is 0 Å². The predicted molar refractivity (Wildman–Crippen MR) is 83.0 cm³/mol. The van der Waals surface area contributed by atoms with Gasteiger partial charge in [-0.2, -0.15) is 0 Å². The summed E-state index contributed by atoms with van der Waals surface area (Å²) in [6.45, 7) is 4.24. The second-order valence-corrected chi connectivity index (χ2v) is 4.82. The predicted octanol–water partition coefficient (Wildman–Crippen LogP) is 2.50. The molecule has 20 heavy (non-hydrogen) atoms. The van der Waals surface area contributed by atoms with Crippen molar-refractivity contribution in [2.45, 2.75) is 13.3 Å². The van der Waals surface area contributed by atoms with Gasteiger partial charge in [-0.1, -0.05) is 6.92 Å². The second-order valence-electron chi connectivity index (χ2n) is 3.96. The van der Waals surface area contributed by atoms with Crippen molar-refractivity contribution < 1.29 is 13.9 Å². The molecular weight excluding hydrogens is 351 g/mol. The van der Waals surface area contributed by atoms with Crippen molar-refractivity contribution in [1.29, 1.82) is 0 Å². The number of amides is 1. The van der Waals surface area contributed by atoms with Gasteiger partial charge in [0, 0.05) is 13.1 Å². The summed E-state index contributed by atoms with van der Waals surface area (Å²) in [5.41, 5.74) is 0. The number of nitrogens with one attached hydrogen (secondary N) is 2. The van der Waals surface area contributed by atoms with E-state index in [9.17, 15) is 9.18 Å². The number of rotatable bonds is 8. The average Bonchev–Trinajstić information content (AvgIpc) is 2.37. The summed E-state index contributed by atoms with van der Waals surface area (Å²) in [4.78, 5) is 11.5. The Balaban J connectivity index is 0.00000361. The number of ether oxygens (including phenoxy) is 1. The van der Waals surface area contributed by atoms with E-state index in [1.54, 1.807) is 0 Å². The number of benzene rings is 1. The molecule has 0 unspecified atom stereocenters. The van der Waals surface area contributed by atoms with Crippen molar-refractivity contribution in [3.8, 4) is 5.75 Å². The fraction of sp³-hybridized carbons (Fsp3) is 0.462. The summed E-state index contributed by atoms with van der Waals surface area (Å²) in [6, 6.07) is 4.06. The number of carbonyl (C=O) groups excluding carboxylic acids is 1. The van der Waals surface area contributed by atoms with E-state index in [4.69, 9.17) is 4.74 Å². The Morgan fingerprint density at radius 2 is 2.10 bits per heavy atom. The minimum Gasteiger partial charge on any atom is -0.483 e. The average molecular weight is 370 g/mol. The fourth-order valence-corrected chi connectivity index (χ4v) is 1.84. The molecule has 1 rings (SSSR count). The van der Waals surface area contributed by atoms with Crippen molar-refractivity contribution in [3.05, 3.63) is 28.5 Å². The van der Waals surface area contributed by atoms with Crippen LogP contribution in [0.5, 0.6) is 5.75 Å². The highest BCUT2D eigenvalue weighted by Crippen LogP contribution is 2.25. The minimum absolute atomic E-state index is 0. The zero-order valence-corrected chi connectivity index (χ0v) is 13.7. The topological polar surface area (TPSA) is 50.4 Å². The molecule has 0 heterocycles. The Kier molecular flexibility index (Phi) is 10.4. The first-order valence-electron chi connectivity index (χ1n) is 6.18. The number of carbonyl (C=O) groups is 1. The molecule has 4 nitrogen and oxygen atoms in total. The van der Waals surface area contributed by atoms with Gasteiger partial charge < -0.3 is 15.4 Å². The van der Waals surface area contributed by atoms with Crippen LogP contribution in [0.15, 0.2) is 22.7 Å². The SMILES string of the molecule is CCCNCCNC(=O)COc1ccc(F)cc1Br.Cl. The normalized spacial score (nSPS) is 9.75. The minimum atomic E-state index is -0.356. The monoisotopic (exact) mass is 368 g/mol. The summed E-state index contributed by atoms with van der Waals surface area (Å²) in [6.07, 6.45) is 1.07. The molecule has 7 heteroatoms. The smallest absolute Gasteiger partial charge is 0.257 e. The van der Waals surface area contributed by atoms with Crippen molar-refractivity contribution in [2.24, 2.45) is 0 Å². The lowest BCUT2D eigenvalue weighted by Crippen LogP contribution is -2.35. The van der Waals surface area contributed by atoms with E-state index in [2.05, 4.69) is 33.5 Å². The highest BCUT2D eigenvalue weighted by atomic mass is 79.9. The molecule has 0 aromatic heterocycles. The third-order valence-corrected chi connectivity index (χ3v) is 2.92. The van der Waals surface area contributed by atoms with E-state index in [-0.39, 0.29) is 30.7 Å². The van der Waals surface area contributed by atoms with Crippen molar-refractivity contribution in [2.75, 3.05) is 26.2 Å². The van der Waals surface area contributed by atoms with Crippen LogP contribution in [0, 0.1) is 5.82 Å². The van der Waals surface area contributed by atoms with Gasteiger partial charge >= 0.3 is 0 Å². The molecule has 0 bridgehead atoms. The molecule has 0 radical (unpaired) electrons. The second kappa shape index (κ2) is 10.9. The molecule has 0 atom stereocenters. The molecular formula is C13H19BrClFN2O2. The van der Waals surface area contributed by atoms with Crippen LogP contribution in [0.25, 0.3) is 0 Å². The first-order chi connectivity index (χ1) is 9.13. The fourth-order valence-electron chi connectivity index (χ4n) is 1.38. The Morgan fingerprint density at radius 3 is 2.75 bits per heavy atom. The maximum atomic E-state index is 12.8. The molecule has 0 aliphatic heterocycles. The number of hydrogen-bond donors (Lipinski definition) is 2. The van der Waals surface area contributed by atoms with E-state index in [0.29, 0.717) is 16.8 Å². The summed E-state index contributed by atoms with van der Waals surface area (Å²) < 4.78 is 18.6. The lowest BCUT2D eigenvalue weighted by Gasteiger charge is -2.09. The third-order valence-electron chi connectivity index (χ3n) is 2.30. The molecule has 1 aromatic carbocycles. The summed E-state index contributed by atoms with van der Waals surface area (Å²) >= 11 is 3.17. The Labute approximate surface area is 133 Å². The molecule has 114 valence electrons. The lowest BCUT2D eigenvalue weighted by molar-refractivity contribution is -0.123. The largest absolute Gasteiger partial charge is 0.483 e. The van der Waals surface area contributed by atoms with Crippen molar-refractivity contribution in [1.82, 2.24) is 10.6 Å². The van der Waals surface area contributed by atoms with Gasteiger partial charge in [-0.3, -0.25) is 4.79 Å². The van der Waals surface area contributed by atoms with Crippen LogP contribution in [0.4, 0.5) is 4.39 Å². The van der Waals surface area contributed by atoms with Gasteiger partial charge in [-0.25, -0.2) is 4.39 Å². The summed E-state index contributed by atoms with van der Waals surface area (Å²) in [5, 5.41) is 5.90. The lowest BCUT2D eigenvalue weighted by atomic mass is 10.3. The van der Waals surface area contributed by atoms with Crippen LogP contribution in [0.3, 0.4) is 0 Å². The van der Waals surface area contributed by atoms with Crippen LogP contribution in [0.2, 0.25) is 0 Å². The Hall–Kier alpha value is -0.850. The quantitative estimate of drug-likeness (QED) is 0.692. The highest BCUT2D eigenvalue weighted by molar-refractivity contribution is 9.10. The van der Waals surface area contributed by atoms with Crippen LogP contribution in [-0.4, -0.2) is 32.1 Å². The molecule has 0 saturated carbocycles. The van der Waals surface area contributed by atoms with Crippen LogP contribution < -0.4 is 15.4 Å². The molecule has 0 fully saturated rings. The van der Waals surface area contributed by atoms with Gasteiger partial charge in [0.15, 0.2) is 6.61 Å². The van der Waals surface area contributed by atoms with Gasteiger partial charge in [0.05, 0.1) is 4.47 Å². The molecule has 1 amide bonds. The zero-order chi connectivity index (χ0) is 14.1. The number of halogens is 3. The first-order valence-corrected chi connectivity index (χ1v) is 6.98. The van der Waals surface area contributed by atoms with Crippen molar-refractivity contribution >= 4 is 34.2 Å². The highest BCUT2D eigenvalue weighted by Gasteiger charge is 2.06. The molecule has 1 aromatic rings. The van der Waals surface area contributed by atoms with Gasteiger partial charge in [0.1, 0.15) is 11.6 Å². The molecule has 2 N–H and O–H groups in total. The molecule has 0 aliphatic carbocycles. The van der Waals surface area contributed by atoms with E-state index >= 15 is 0 Å². The summed E-state index contributed by atoms with van der Waals surface area (Å²) in [5.74, 6) is -0.110. The van der Waals surface area contributed by atoms with Crippen LogP contribution >= 0.6 is 28.3 Å². The van der Waals surface area contributed by atoms with Gasteiger partial charge in [-0.05, 0) is 47.1 Å². The van der Waals surface area contributed by atoms with Crippen LogP contribution in [0.1, 0.15) is 13.3 Å². The van der Waals surface area contributed by atoms with Gasteiger partial charge in [-0.15, -0.1) is 12.4 Å². The Bertz CT molecular complexity index is 421. The van der Waals surface area contributed by atoms with E-state index in [1.807, 2.05) is 0 Å². The summed E-state index contributed by atoms with van der Waals surface area (Å²) in [7, 11) is 0. The van der Waals surface area contributed by atoms with Crippen LogP contribution in [-0.2, 0) is 4.79 Å². The molecule has 0 saturated heterocycles. The zero-order valence-electron chi connectivity index (χ0n) is 11.2. The maximum Gasteiger partial charge on any atom is 0.257 e. The van der Waals surface area contributed by atoms with E-state index in [0.717, 1.165) is 19.5 Å². The van der Waals surface area contributed by atoms with Gasteiger partial charge in [0.2, 0.25) is 0 Å². The maximum absolute atomic E-state index is 12.8. The molecule has 0 spiro atoms. The molecule has 0 aliphatic rings. The van der Waals surface area contributed by atoms with Gasteiger partial charge in [0.25, 0.3) is 5.91 Å².